The summed E-state index contributed by atoms with van der Waals surface area (Å²) in [5, 5.41) is 0. The van der Waals surface area contributed by atoms with Gasteiger partial charge in [-0.1, -0.05) is 0 Å². The number of carbonyl (C=O) groups excluding carboxylic acids is 1. The highest BCUT2D eigenvalue weighted by Crippen LogP contribution is 1.85. The number of hydrogen-bond acceptors (Lipinski definition) is 3. The quantitative estimate of drug-likeness (QED) is 0.448. The summed E-state index contributed by atoms with van der Waals surface area (Å²) in [5.41, 5.74) is 0. The Hall–Kier alpha value is -0.420. The second-order valence-corrected chi connectivity index (χ2v) is 2.40. The Bertz CT molecular complexity index is 122. The maximum absolute atomic E-state index is 10.2. The maximum atomic E-state index is 10.2. The maximum Gasteiger partial charge on any atom is 0.306 e. The van der Waals surface area contributed by atoms with Crippen molar-refractivity contribution in [3.63, 3.8) is 0 Å². The predicted octanol–water partition coefficient (Wildman–Crippen LogP) is -0.229. The van der Waals surface area contributed by atoms with Gasteiger partial charge in [0.15, 0.2) is 11.1 Å². The highest BCUT2D eigenvalue weighted by Gasteiger charge is 2.01. The molecular weight excluding hydrogens is 144 g/mol. The van der Waals surface area contributed by atoms with Crippen LogP contribution in [-0.4, -0.2) is 27.6 Å². The Morgan fingerprint density at radius 1 is 1.78 bits per heavy atom. The van der Waals surface area contributed by atoms with Crippen LogP contribution in [-0.2, 0) is 20.6 Å². The fourth-order valence-corrected chi connectivity index (χ4v) is 0.614. The molecule has 0 aromatic heterocycles. The fourth-order valence-electron chi connectivity index (χ4n) is 0.273. The number of esters is 1. The van der Waals surface area contributed by atoms with Gasteiger partial charge >= 0.3 is 5.97 Å². The average molecular weight is 152 g/mol. The zero-order valence-corrected chi connectivity index (χ0v) is 5.81. The molecule has 54 valence electrons. The lowest BCUT2D eigenvalue weighted by molar-refractivity contribution is -0.140. The zero-order chi connectivity index (χ0) is 7.28. The number of rotatable bonds is 3. The van der Waals surface area contributed by atoms with Crippen molar-refractivity contribution in [1.82, 2.24) is 0 Å². The van der Waals surface area contributed by atoms with Crippen molar-refractivity contribution in [1.29, 1.82) is 0 Å². The second kappa shape index (κ2) is 4.46. The lowest BCUT2D eigenvalue weighted by Gasteiger charge is -1.93. The minimum atomic E-state index is -1.89. The Balaban J connectivity index is 3.28. The second-order valence-electron chi connectivity index (χ2n) is 1.35. The molecule has 0 aliphatic carbocycles. The van der Waals surface area contributed by atoms with Gasteiger partial charge < -0.3 is 9.29 Å². The summed E-state index contributed by atoms with van der Waals surface area (Å²) in [7, 11) is 1.24. The molecule has 4 nitrogen and oxygen atoms in total. The first-order chi connectivity index (χ1) is 4.16. The molecule has 0 saturated carbocycles. The SMILES string of the molecule is COC(=O)CCS(=O)O. The van der Waals surface area contributed by atoms with Crippen LogP contribution in [0.15, 0.2) is 0 Å². The van der Waals surface area contributed by atoms with E-state index in [9.17, 15) is 9.00 Å². The Labute approximate surface area is 55.5 Å². The van der Waals surface area contributed by atoms with Gasteiger partial charge in [0.1, 0.15) is 0 Å². The lowest BCUT2D eigenvalue weighted by atomic mass is 10.5. The van der Waals surface area contributed by atoms with E-state index in [-0.39, 0.29) is 12.2 Å². The molecule has 0 bridgehead atoms. The minimum Gasteiger partial charge on any atom is -0.469 e. The summed E-state index contributed by atoms with van der Waals surface area (Å²) in [6, 6.07) is 0. The molecule has 0 radical (unpaired) electrons. The molecule has 0 fully saturated rings. The van der Waals surface area contributed by atoms with E-state index < -0.39 is 17.0 Å². The molecular formula is C4H8O4S. The molecule has 0 aromatic carbocycles. The molecule has 9 heavy (non-hydrogen) atoms. The monoisotopic (exact) mass is 152 g/mol. The van der Waals surface area contributed by atoms with Crippen LogP contribution < -0.4 is 0 Å². The van der Waals surface area contributed by atoms with Crippen molar-refractivity contribution in [3.8, 4) is 0 Å². The zero-order valence-electron chi connectivity index (χ0n) is 4.99. The van der Waals surface area contributed by atoms with Gasteiger partial charge in [-0.3, -0.25) is 4.79 Å². The van der Waals surface area contributed by atoms with Crippen LogP contribution in [0.2, 0.25) is 0 Å². The van der Waals surface area contributed by atoms with E-state index >= 15 is 0 Å². The van der Waals surface area contributed by atoms with Crippen molar-refractivity contribution < 1.29 is 18.3 Å². The van der Waals surface area contributed by atoms with Crippen molar-refractivity contribution in [2.45, 2.75) is 6.42 Å². The first-order valence-electron chi connectivity index (χ1n) is 2.31. The highest BCUT2D eigenvalue weighted by molar-refractivity contribution is 7.79. The normalized spacial score (nSPS) is 12.7. The number of carbonyl (C=O) groups is 1. The van der Waals surface area contributed by atoms with Gasteiger partial charge in [-0.25, -0.2) is 4.21 Å². The van der Waals surface area contributed by atoms with Gasteiger partial charge in [0.25, 0.3) is 0 Å². The molecule has 0 spiro atoms. The summed E-state index contributed by atoms with van der Waals surface area (Å²) in [5.74, 6) is -0.510. The third kappa shape index (κ3) is 5.45. The molecule has 1 atom stereocenters. The number of ether oxygens (including phenoxy) is 1. The van der Waals surface area contributed by atoms with E-state index in [0.29, 0.717) is 0 Å². The van der Waals surface area contributed by atoms with Gasteiger partial charge in [-0.05, 0) is 0 Å². The van der Waals surface area contributed by atoms with E-state index in [0.717, 1.165) is 0 Å². The van der Waals surface area contributed by atoms with Crippen LogP contribution in [0.3, 0.4) is 0 Å². The predicted molar refractivity (Wildman–Crippen MR) is 32.3 cm³/mol. The molecule has 1 N–H and O–H groups in total. The van der Waals surface area contributed by atoms with E-state index in [4.69, 9.17) is 4.55 Å². The number of hydrogen-bond donors (Lipinski definition) is 1. The van der Waals surface area contributed by atoms with E-state index in [2.05, 4.69) is 4.74 Å². The van der Waals surface area contributed by atoms with E-state index in [1.54, 1.807) is 0 Å². The first kappa shape index (κ1) is 8.58. The molecule has 1 unspecified atom stereocenters. The van der Waals surface area contributed by atoms with Gasteiger partial charge in [-0.2, -0.15) is 0 Å². The number of methoxy groups -OCH3 is 1. The van der Waals surface area contributed by atoms with Crippen molar-refractivity contribution >= 4 is 17.0 Å². The van der Waals surface area contributed by atoms with Crippen LogP contribution in [0, 0.1) is 0 Å². The summed E-state index contributed by atoms with van der Waals surface area (Å²) < 4.78 is 22.3. The molecule has 5 heteroatoms. The summed E-state index contributed by atoms with van der Waals surface area (Å²) >= 11 is -1.89. The van der Waals surface area contributed by atoms with Crippen molar-refractivity contribution in [2.75, 3.05) is 12.9 Å². The van der Waals surface area contributed by atoms with Crippen LogP contribution >= 0.6 is 0 Å². The van der Waals surface area contributed by atoms with Crippen LogP contribution in [0.1, 0.15) is 6.42 Å². The fraction of sp³-hybridized carbons (Fsp3) is 0.750. The lowest BCUT2D eigenvalue weighted by Crippen LogP contribution is -2.05. The van der Waals surface area contributed by atoms with E-state index in [1.165, 1.54) is 7.11 Å². The third-order valence-corrected chi connectivity index (χ3v) is 1.26. The highest BCUT2D eigenvalue weighted by atomic mass is 32.2. The van der Waals surface area contributed by atoms with Crippen LogP contribution in [0.5, 0.6) is 0 Å². The standard InChI is InChI=1S/C4H8O4S/c1-8-4(5)2-3-9(6)7/h2-3H2,1H3,(H,6,7). The Kier molecular flexibility index (Phi) is 4.25. The summed E-state index contributed by atoms with van der Waals surface area (Å²) in [6.07, 6.45) is -0.000386. The van der Waals surface area contributed by atoms with Crippen molar-refractivity contribution in [2.24, 2.45) is 0 Å². The molecule has 0 aromatic rings. The smallest absolute Gasteiger partial charge is 0.306 e. The van der Waals surface area contributed by atoms with Gasteiger partial charge in [0.05, 0.1) is 19.3 Å². The molecule has 0 saturated heterocycles. The summed E-state index contributed by atoms with van der Waals surface area (Å²) in [4.78, 5) is 10.2. The topological polar surface area (TPSA) is 63.6 Å². The average Bonchev–Trinajstić information content (AvgIpc) is 1.83. The molecule has 0 aliphatic rings. The van der Waals surface area contributed by atoms with Gasteiger partial charge in [-0.15, -0.1) is 0 Å². The van der Waals surface area contributed by atoms with Crippen LogP contribution in [0.25, 0.3) is 0 Å². The Morgan fingerprint density at radius 2 is 2.33 bits per heavy atom. The Morgan fingerprint density at radius 3 is 2.67 bits per heavy atom. The minimum absolute atomic E-state index is 0.000386. The molecule has 0 heterocycles. The third-order valence-electron chi connectivity index (χ3n) is 0.708. The molecule has 0 amide bonds. The van der Waals surface area contributed by atoms with Crippen LogP contribution in [0.4, 0.5) is 0 Å². The largest absolute Gasteiger partial charge is 0.469 e. The molecule has 0 aliphatic heterocycles. The van der Waals surface area contributed by atoms with Gasteiger partial charge in [0.2, 0.25) is 0 Å². The summed E-state index contributed by atoms with van der Waals surface area (Å²) in [6.45, 7) is 0. The molecule has 0 rings (SSSR count). The first-order valence-corrected chi connectivity index (χ1v) is 3.58. The van der Waals surface area contributed by atoms with Crippen molar-refractivity contribution in [3.05, 3.63) is 0 Å². The van der Waals surface area contributed by atoms with Gasteiger partial charge in [0, 0.05) is 0 Å². The van der Waals surface area contributed by atoms with E-state index in [1.807, 2.05) is 0 Å².